The van der Waals surface area contributed by atoms with Crippen LogP contribution in [0.3, 0.4) is 0 Å². The molecule has 0 amide bonds. The second-order valence-electron chi connectivity index (χ2n) is 7.06. The number of hydrogen-bond acceptors (Lipinski definition) is 3. The maximum absolute atomic E-state index is 8.11. The Morgan fingerprint density at radius 2 is 0.875 bits per heavy atom. The van der Waals surface area contributed by atoms with Crippen molar-refractivity contribution in [1.82, 2.24) is 0 Å². The summed E-state index contributed by atoms with van der Waals surface area (Å²) in [6, 6.07) is 0. The normalized spacial score (nSPS) is 11.9. The standard InChI is InChI=1S/C18H38S.C3H8O2/c1-2-3-4-5-6-7-8-9-10-11-12-13-14-15-16-17-18-19;1-3(5)2-4/h19H,2-18H2,1H3;3-5H,2H2,1H3. The molecule has 0 aromatic heterocycles. The van der Waals surface area contributed by atoms with Gasteiger partial charge in [-0.2, -0.15) is 12.6 Å². The highest BCUT2D eigenvalue weighted by Gasteiger charge is 1.94. The maximum Gasteiger partial charge on any atom is 0.0742 e. The lowest BCUT2D eigenvalue weighted by Crippen LogP contribution is -2.03. The van der Waals surface area contributed by atoms with Crippen LogP contribution in [-0.4, -0.2) is 28.7 Å². The summed E-state index contributed by atoms with van der Waals surface area (Å²) in [6.45, 7) is 3.68. The van der Waals surface area contributed by atoms with Gasteiger partial charge in [0.2, 0.25) is 0 Å². The topological polar surface area (TPSA) is 40.5 Å². The van der Waals surface area contributed by atoms with E-state index in [0.29, 0.717) is 0 Å². The zero-order chi connectivity index (χ0) is 18.3. The highest BCUT2D eigenvalue weighted by atomic mass is 32.1. The Bertz CT molecular complexity index is 182. The van der Waals surface area contributed by atoms with Gasteiger partial charge in [-0.15, -0.1) is 0 Å². The lowest BCUT2D eigenvalue weighted by atomic mass is 10.0. The van der Waals surface area contributed by atoms with E-state index < -0.39 is 6.10 Å². The van der Waals surface area contributed by atoms with E-state index in [0.717, 1.165) is 5.75 Å². The number of aliphatic hydroxyl groups excluding tert-OH is 2. The van der Waals surface area contributed by atoms with Crippen molar-refractivity contribution >= 4 is 12.6 Å². The number of unbranched alkanes of at least 4 members (excludes halogenated alkanes) is 15. The molecule has 0 aliphatic rings. The maximum atomic E-state index is 8.11. The van der Waals surface area contributed by atoms with Crippen LogP contribution < -0.4 is 0 Å². The van der Waals surface area contributed by atoms with Gasteiger partial charge in [-0.25, -0.2) is 0 Å². The first-order valence-corrected chi connectivity index (χ1v) is 11.2. The second-order valence-corrected chi connectivity index (χ2v) is 7.51. The Morgan fingerprint density at radius 1 is 0.625 bits per heavy atom. The fourth-order valence-electron chi connectivity index (χ4n) is 2.66. The lowest BCUT2D eigenvalue weighted by molar-refractivity contribution is 0.110. The molecule has 148 valence electrons. The highest BCUT2D eigenvalue weighted by Crippen LogP contribution is 2.13. The molecule has 0 saturated carbocycles. The number of hydrogen-bond donors (Lipinski definition) is 3. The van der Waals surface area contributed by atoms with Gasteiger partial charge >= 0.3 is 0 Å². The molecule has 0 aromatic rings. The molecular formula is C21H46O2S. The molecule has 0 rings (SSSR count). The molecule has 0 radical (unpaired) electrons. The fourth-order valence-corrected chi connectivity index (χ4v) is 2.88. The molecule has 0 heterocycles. The van der Waals surface area contributed by atoms with E-state index in [1.807, 2.05) is 0 Å². The Balaban J connectivity index is 0. The summed E-state index contributed by atoms with van der Waals surface area (Å²) in [5.41, 5.74) is 0. The first-order chi connectivity index (χ1) is 11.7. The number of rotatable bonds is 17. The minimum Gasteiger partial charge on any atom is -0.394 e. The molecule has 0 fully saturated rings. The van der Waals surface area contributed by atoms with Gasteiger partial charge in [0.05, 0.1) is 12.7 Å². The summed E-state index contributed by atoms with van der Waals surface area (Å²) in [7, 11) is 0. The predicted molar refractivity (Wildman–Crippen MR) is 112 cm³/mol. The monoisotopic (exact) mass is 362 g/mol. The zero-order valence-corrected chi connectivity index (χ0v) is 17.5. The molecule has 0 saturated heterocycles. The van der Waals surface area contributed by atoms with Crippen molar-refractivity contribution in [3.8, 4) is 0 Å². The number of aliphatic hydroxyl groups is 2. The summed E-state index contributed by atoms with van der Waals surface area (Å²) in [4.78, 5) is 0. The van der Waals surface area contributed by atoms with Gasteiger partial charge in [0.15, 0.2) is 0 Å². The first kappa shape index (κ1) is 26.5. The quantitative estimate of drug-likeness (QED) is 0.203. The van der Waals surface area contributed by atoms with Crippen LogP contribution in [0, 0.1) is 0 Å². The molecular weight excluding hydrogens is 316 g/mol. The fraction of sp³-hybridized carbons (Fsp3) is 1.00. The van der Waals surface area contributed by atoms with Crippen LogP contribution >= 0.6 is 12.6 Å². The summed E-state index contributed by atoms with van der Waals surface area (Å²) in [6.07, 6.45) is 22.6. The van der Waals surface area contributed by atoms with Crippen LogP contribution in [0.25, 0.3) is 0 Å². The van der Waals surface area contributed by atoms with E-state index in [1.165, 1.54) is 110 Å². The SMILES string of the molecule is CC(O)CO.CCCCCCCCCCCCCCCCCCS. The van der Waals surface area contributed by atoms with Crippen LogP contribution in [0.4, 0.5) is 0 Å². The van der Waals surface area contributed by atoms with Gasteiger partial charge in [0.25, 0.3) is 0 Å². The van der Waals surface area contributed by atoms with Crippen LogP contribution in [0.15, 0.2) is 0 Å². The molecule has 0 spiro atoms. The molecule has 1 atom stereocenters. The van der Waals surface area contributed by atoms with Gasteiger partial charge < -0.3 is 10.2 Å². The molecule has 0 aliphatic carbocycles. The summed E-state index contributed by atoms with van der Waals surface area (Å²) < 4.78 is 0. The molecule has 0 bridgehead atoms. The van der Waals surface area contributed by atoms with Crippen molar-refractivity contribution in [1.29, 1.82) is 0 Å². The number of thiol groups is 1. The van der Waals surface area contributed by atoms with E-state index in [1.54, 1.807) is 0 Å². The molecule has 3 heteroatoms. The third-order valence-corrected chi connectivity index (χ3v) is 4.59. The average molecular weight is 363 g/mol. The largest absolute Gasteiger partial charge is 0.394 e. The van der Waals surface area contributed by atoms with E-state index in [2.05, 4.69) is 19.6 Å². The van der Waals surface area contributed by atoms with Crippen LogP contribution in [0.2, 0.25) is 0 Å². The van der Waals surface area contributed by atoms with Gasteiger partial charge in [-0.05, 0) is 19.1 Å². The van der Waals surface area contributed by atoms with Gasteiger partial charge in [-0.3, -0.25) is 0 Å². The van der Waals surface area contributed by atoms with E-state index in [9.17, 15) is 0 Å². The van der Waals surface area contributed by atoms with Crippen LogP contribution in [-0.2, 0) is 0 Å². The van der Waals surface area contributed by atoms with Crippen molar-refractivity contribution in [2.75, 3.05) is 12.4 Å². The van der Waals surface area contributed by atoms with Crippen molar-refractivity contribution in [3.05, 3.63) is 0 Å². The Labute approximate surface area is 158 Å². The van der Waals surface area contributed by atoms with Gasteiger partial charge in [0, 0.05) is 0 Å². The first-order valence-electron chi connectivity index (χ1n) is 10.6. The average Bonchev–Trinajstić information content (AvgIpc) is 2.59. The van der Waals surface area contributed by atoms with Crippen molar-refractivity contribution in [2.45, 2.75) is 123 Å². The Hall–Kier alpha value is 0.270. The smallest absolute Gasteiger partial charge is 0.0742 e. The van der Waals surface area contributed by atoms with Crippen molar-refractivity contribution in [3.63, 3.8) is 0 Å². The minimum absolute atomic E-state index is 0.139. The minimum atomic E-state index is -0.560. The third kappa shape index (κ3) is 30.2. The van der Waals surface area contributed by atoms with E-state index in [-0.39, 0.29) is 6.61 Å². The molecule has 0 aromatic carbocycles. The molecule has 24 heavy (non-hydrogen) atoms. The molecule has 1 unspecified atom stereocenters. The Kier molecular flexibility index (Phi) is 28.2. The molecule has 2 N–H and O–H groups in total. The molecule has 2 nitrogen and oxygen atoms in total. The summed E-state index contributed by atoms with van der Waals surface area (Å²) >= 11 is 4.24. The van der Waals surface area contributed by atoms with E-state index in [4.69, 9.17) is 10.2 Å². The van der Waals surface area contributed by atoms with Crippen molar-refractivity contribution in [2.24, 2.45) is 0 Å². The predicted octanol–water partition coefficient (Wildman–Crippen LogP) is 6.54. The van der Waals surface area contributed by atoms with Crippen LogP contribution in [0.1, 0.15) is 117 Å². The highest BCUT2D eigenvalue weighted by molar-refractivity contribution is 7.80. The summed E-state index contributed by atoms with van der Waals surface area (Å²) in [5, 5.41) is 16.0. The van der Waals surface area contributed by atoms with Gasteiger partial charge in [0.1, 0.15) is 0 Å². The third-order valence-electron chi connectivity index (χ3n) is 4.28. The van der Waals surface area contributed by atoms with Crippen molar-refractivity contribution < 1.29 is 10.2 Å². The molecule has 0 aliphatic heterocycles. The summed E-state index contributed by atoms with van der Waals surface area (Å²) in [5.74, 6) is 1.07. The second kappa shape index (κ2) is 25.5. The van der Waals surface area contributed by atoms with E-state index >= 15 is 0 Å². The van der Waals surface area contributed by atoms with Crippen LogP contribution in [0.5, 0.6) is 0 Å². The lowest BCUT2D eigenvalue weighted by Gasteiger charge is -2.03. The van der Waals surface area contributed by atoms with Gasteiger partial charge in [-0.1, -0.05) is 103 Å². The zero-order valence-electron chi connectivity index (χ0n) is 16.6. The Morgan fingerprint density at radius 3 is 1.08 bits per heavy atom.